The number of fused-ring (bicyclic) bond motifs is 2. The number of nitrogens with zero attached hydrogens (tertiary/aromatic N) is 6. The van der Waals surface area contributed by atoms with Gasteiger partial charge in [0.2, 0.25) is 0 Å². The molecule has 2 aromatic carbocycles. The number of amides is 2. The number of benzene rings is 2. The first-order valence-electron chi connectivity index (χ1n) is 20.0. The third kappa shape index (κ3) is 9.50. The summed E-state index contributed by atoms with van der Waals surface area (Å²) < 4.78 is 28.9. The van der Waals surface area contributed by atoms with Crippen LogP contribution in [0.5, 0.6) is 0 Å². The van der Waals surface area contributed by atoms with E-state index in [0.29, 0.717) is 70.2 Å². The van der Waals surface area contributed by atoms with Gasteiger partial charge in [-0.3, -0.25) is 29.4 Å². The zero-order valence-corrected chi connectivity index (χ0v) is 33.8. The monoisotopic (exact) mass is 808 g/mol. The zero-order valence-electron chi connectivity index (χ0n) is 33.8. The van der Waals surface area contributed by atoms with Gasteiger partial charge in [-0.1, -0.05) is 24.3 Å². The third-order valence-electron chi connectivity index (χ3n) is 11.3. The maximum atomic E-state index is 13.1. The molecule has 0 aliphatic carbocycles. The number of H-pyrrole nitrogens is 2. The van der Waals surface area contributed by atoms with Gasteiger partial charge in [-0.2, -0.15) is 0 Å². The van der Waals surface area contributed by atoms with Crippen LogP contribution >= 0.6 is 0 Å². The summed E-state index contributed by atoms with van der Waals surface area (Å²) in [4.78, 5) is 65.0. The maximum Gasteiger partial charge on any atom is 0.276 e. The van der Waals surface area contributed by atoms with Crippen molar-refractivity contribution in [2.75, 3.05) is 46.8 Å². The van der Waals surface area contributed by atoms with E-state index in [0.717, 1.165) is 63.0 Å². The molecule has 2 aliphatic heterocycles. The molecule has 1 atom stereocenters. The molecule has 2 amide bonds. The van der Waals surface area contributed by atoms with Crippen LogP contribution in [0.15, 0.2) is 70.5 Å². The highest BCUT2D eigenvalue weighted by atomic mass is 19.1. The molecule has 6 heterocycles. The molecular weight excluding hydrogens is 759 g/mol. The highest BCUT2D eigenvalue weighted by molar-refractivity contribution is 6.00. The summed E-state index contributed by atoms with van der Waals surface area (Å²) in [5.74, 6) is -0.672. The van der Waals surface area contributed by atoms with Gasteiger partial charge in [-0.15, -0.1) is 0 Å². The summed E-state index contributed by atoms with van der Waals surface area (Å²) in [6, 6.07) is 12.2. The van der Waals surface area contributed by atoms with Gasteiger partial charge >= 0.3 is 0 Å². The molecule has 6 aromatic rings. The number of halogens is 2. The van der Waals surface area contributed by atoms with Crippen LogP contribution in [0.2, 0.25) is 0 Å². The maximum absolute atomic E-state index is 13.1. The molecular formula is C43H50F2N10O4. The Morgan fingerprint density at radius 3 is 1.69 bits per heavy atom. The molecule has 14 nitrogen and oxygen atoms in total. The summed E-state index contributed by atoms with van der Waals surface area (Å²) in [7, 11) is 4.16. The van der Waals surface area contributed by atoms with E-state index in [-0.39, 0.29) is 40.6 Å². The summed E-state index contributed by atoms with van der Waals surface area (Å²) in [5.41, 5.74) is 4.63. The fourth-order valence-corrected chi connectivity index (χ4v) is 7.85. The Balaban J connectivity index is 0.000000179. The van der Waals surface area contributed by atoms with E-state index in [4.69, 9.17) is 0 Å². The van der Waals surface area contributed by atoms with Crippen molar-refractivity contribution in [3.63, 3.8) is 0 Å². The molecule has 8 rings (SSSR count). The van der Waals surface area contributed by atoms with Crippen LogP contribution < -0.4 is 21.8 Å². The number of aryl methyl sites for hydroxylation is 2. The zero-order chi connectivity index (χ0) is 41.8. The molecule has 4 aromatic heterocycles. The SMILES string of the molecule is Cc1nc2c(C(=O)NC3CCN(C)CC3)c[nH]n2c(=O)c1Cc1ccc(F)cc1.Cc1nc2c(C(=O)NCC3CCCN(C)C3)c[nH]n2c(=O)c1Cc1ccc(F)cc1. The lowest BCUT2D eigenvalue weighted by Crippen LogP contribution is -2.43. The van der Waals surface area contributed by atoms with Gasteiger partial charge in [0.25, 0.3) is 22.9 Å². The molecule has 0 saturated carbocycles. The molecule has 59 heavy (non-hydrogen) atoms. The first-order valence-corrected chi connectivity index (χ1v) is 20.0. The van der Waals surface area contributed by atoms with E-state index < -0.39 is 0 Å². The van der Waals surface area contributed by atoms with Crippen LogP contribution in [0, 0.1) is 31.4 Å². The van der Waals surface area contributed by atoms with E-state index in [2.05, 4.69) is 54.7 Å². The quantitative estimate of drug-likeness (QED) is 0.170. The number of aromatic amines is 2. The standard InChI is InChI=1S/C22H26FN5O2.C21H24FN5O2/c1-14-18(10-15-5-7-17(23)8-6-15)22(30)28-20(26-14)19(12-25-28)21(29)24-11-16-4-3-9-27(2)13-16;1-13-17(11-14-3-5-15(22)6-4-14)21(29)27-19(24-13)18(12-23-27)20(28)25-16-7-9-26(2)10-8-16/h5-8,12,16,25H,3-4,9-11,13H2,1-2H3,(H,24,29);3-6,12,16,23H,7-11H2,1-2H3,(H,25,28). The second kappa shape index (κ2) is 17.9. The fraction of sp³-hybridized carbons (Fsp3) is 0.395. The molecule has 0 spiro atoms. The fourth-order valence-electron chi connectivity index (χ4n) is 7.85. The van der Waals surface area contributed by atoms with Gasteiger partial charge in [0.15, 0.2) is 11.3 Å². The number of rotatable bonds is 9. The Hall–Kier alpha value is -6.00. The van der Waals surface area contributed by atoms with E-state index >= 15 is 0 Å². The van der Waals surface area contributed by atoms with E-state index in [9.17, 15) is 28.0 Å². The largest absolute Gasteiger partial charge is 0.352 e. The van der Waals surface area contributed by atoms with Gasteiger partial charge in [0, 0.05) is 66.9 Å². The number of carbonyl (C=O) groups excluding carboxylic acids is 2. The molecule has 310 valence electrons. The van der Waals surface area contributed by atoms with Crippen molar-refractivity contribution in [3.05, 3.63) is 138 Å². The minimum Gasteiger partial charge on any atom is -0.352 e. The lowest BCUT2D eigenvalue weighted by atomic mass is 9.98. The highest BCUT2D eigenvalue weighted by Gasteiger charge is 2.24. The lowest BCUT2D eigenvalue weighted by molar-refractivity contribution is 0.0915. The molecule has 1 unspecified atom stereocenters. The number of hydrogen-bond acceptors (Lipinski definition) is 8. The van der Waals surface area contributed by atoms with Crippen LogP contribution in [-0.2, 0) is 12.8 Å². The Labute approximate surface area is 339 Å². The molecule has 2 fully saturated rings. The second-order valence-electron chi connectivity index (χ2n) is 15.8. The van der Waals surface area contributed by atoms with Crippen molar-refractivity contribution in [1.82, 2.24) is 49.6 Å². The average Bonchev–Trinajstić information content (AvgIpc) is 3.85. The Bertz CT molecular complexity index is 2570. The van der Waals surface area contributed by atoms with Gasteiger partial charge in [-0.25, -0.2) is 27.8 Å². The Morgan fingerprint density at radius 1 is 0.712 bits per heavy atom. The third-order valence-corrected chi connectivity index (χ3v) is 11.3. The number of piperidine rings is 2. The summed E-state index contributed by atoms with van der Waals surface area (Å²) in [5, 5.41) is 11.8. The first kappa shape index (κ1) is 41.2. The highest BCUT2D eigenvalue weighted by Crippen LogP contribution is 2.18. The summed E-state index contributed by atoms with van der Waals surface area (Å²) in [6.45, 7) is 8.08. The Morgan fingerprint density at radius 2 is 1.20 bits per heavy atom. The van der Waals surface area contributed by atoms with Crippen LogP contribution in [0.1, 0.15) is 80.0 Å². The number of nitrogens with one attached hydrogen (secondary N) is 4. The molecule has 4 N–H and O–H groups in total. The lowest BCUT2D eigenvalue weighted by Gasteiger charge is -2.29. The normalized spacial score (nSPS) is 16.5. The van der Waals surface area contributed by atoms with Gasteiger partial charge < -0.3 is 20.4 Å². The minimum absolute atomic E-state index is 0.124. The number of carbonyl (C=O) groups is 2. The van der Waals surface area contributed by atoms with Crippen molar-refractivity contribution in [2.45, 2.75) is 58.4 Å². The van der Waals surface area contributed by atoms with Crippen molar-refractivity contribution in [1.29, 1.82) is 0 Å². The topological polar surface area (TPSA) is 165 Å². The van der Waals surface area contributed by atoms with Gasteiger partial charge in [0.05, 0.1) is 0 Å². The molecule has 16 heteroatoms. The van der Waals surface area contributed by atoms with Gasteiger partial charge in [-0.05, 0) is 115 Å². The first-order chi connectivity index (χ1) is 28.3. The summed E-state index contributed by atoms with van der Waals surface area (Å²) in [6.07, 6.45) is 7.77. The van der Waals surface area contributed by atoms with Crippen molar-refractivity contribution in [2.24, 2.45) is 5.92 Å². The summed E-state index contributed by atoms with van der Waals surface area (Å²) >= 11 is 0. The van der Waals surface area contributed by atoms with Crippen molar-refractivity contribution in [3.8, 4) is 0 Å². The minimum atomic E-state index is -0.319. The molecule has 0 bridgehead atoms. The molecule has 0 radical (unpaired) electrons. The Kier molecular flexibility index (Phi) is 12.5. The number of likely N-dealkylation sites (tertiary alicyclic amines) is 2. The van der Waals surface area contributed by atoms with Crippen LogP contribution in [0.25, 0.3) is 11.3 Å². The smallest absolute Gasteiger partial charge is 0.276 e. The van der Waals surface area contributed by atoms with Crippen LogP contribution in [0.4, 0.5) is 8.78 Å². The number of aromatic nitrogens is 6. The molecule has 2 aliphatic rings. The van der Waals surface area contributed by atoms with Gasteiger partial charge in [0.1, 0.15) is 22.8 Å². The van der Waals surface area contributed by atoms with E-state index in [1.165, 1.54) is 45.7 Å². The number of hydrogen-bond donors (Lipinski definition) is 4. The van der Waals surface area contributed by atoms with Crippen molar-refractivity contribution >= 4 is 23.1 Å². The van der Waals surface area contributed by atoms with Crippen molar-refractivity contribution < 1.29 is 18.4 Å². The van der Waals surface area contributed by atoms with Crippen LogP contribution in [-0.4, -0.2) is 104 Å². The second-order valence-corrected chi connectivity index (χ2v) is 15.8. The van der Waals surface area contributed by atoms with E-state index in [1.54, 1.807) is 38.1 Å². The average molecular weight is 809 g/mol. The predicted molar refractivity (Wildman–Crippen MR) is 220 cm³/mol. The predicted octanol–water partition coefficient (Wildman–Crippen LogP) is 4.02. The molecule has 2 saturated heterocycles. The van der Waals surface area contributed by atoms with E-state index in [1.807, 2.05) is 0 Å². The van der Waals surface area contributed by atoms with Crippen LogP contribution in [0.3, 0.4) is 0 Å².